The van der Waals surface area contributed by atoms with Gasteiger partial charge in [0.1, 0.15) is 0 Å². The van der Waals surface area contributed by atoms with Crippen LogP contribution in [-0.4, -0.2) is 13.1 Å². The highest BCUT2D eigenvalue weighted by Gasteiger charge is 2.12. The summed E-state index contributed by atoms with van der Waals surface area (Å²) in [5.41, 5.74) is 21.5. The molecular formula is C34H28N8+2. The lowest BCUT2D eigenvalue weighted by Crippen LogP contribution is -2.33. The molecule has 0 bridgehead atoms. The predicted molar refractivity (Wildman–Crippen MR) is 169 cm³/mol. The molecule has 0 spiro atoms. The van der Waals surface area contributed by atoms with E-state index in [0.29, 0.717) is 26.2 Å². The van der Waals surface area contributed by atoms with Gasteiger partial charge >= 0.3 is 0 Å². The highest BCUT2D eigenvalue weighted by atomic mass is 15.1. The van der Waals surface area contributed by atoms with Gasteiger partial charge in [-0.05, 0) is 65.6 Å². The van der Waals surface area contributed by atoms with Crippen molar-refractivity contribution < 1.29 is 9.13 Å². The van der Waals surface area contributed by atoms with Crippen LogP contribution < -0.4 is 9.13 Å². The second kappa shape index (κ2) is 12.2. The topological polar surface area (TPSA) is 105 Å². The van der Waals surface area contributed by atoms with Gasteiger partial charge in [-0.15, -0.1) is 0 Å². The van der Waals surface area contributed by atoms with E-state index in [0.717, 1.165) is 11.1 Å². The second-order valence-electron chi connectivity index (χ2n) is 10.0. The van der Waals surface area contributed by atoms with Crippen LogP contribution in [0.3, 0.4) is 0 Å². The fourth-order valence-electron chi connectivity index (χ4n) is 5.38. The fourth-order valence-corrected chi connectivity index (χ4v) is 5.38. The zero-order valence-corrected chi connectivity index (χ0v) is 23.0. The molecule has 0 saturated heterocycles. The Morgan fingerprint density at radius 3 is 1.33 bits per heavy atom. The number of pyridine rings is 2. The summed E-state index contributed by atoms with van der Waals surface area (Å²) < 4.78 is 4.02. The van der Waals surface area contributed by atoms with E-state index in [2.05, 4.69) is 117 Å². The van der Waals surface area contributed by atoms with Crippen molar-refractivity contribution in [1.29, 1.82) is 0 Å². The number of azide groups is 2. The maximum absolute atomic E-state index is 8.47. The van der Waals surface area contributed by atoms with Gasteiger partial charge in [0.15, 0.2) is 37.9 Å². The van der Waals surface area contributed by atoms with E-state index in [-0.39, 0.29) is 0 Å². The third-order valence-corrected chi connectivity index (χ3v) is 7.52. The molecule has 0 fully saturated rings. The smallest absolute Gasteiger partial charge is 0.169 e. The maximum Gasteiger partial charge on any atom is 0.169 e. The molecule has 6 aromatic rings. The molecule has 42 heavy (non-hydrogen) atoms. The number of hydrogen-bond donors (Lipinski definition) is 0. The minimum Gasteiger partial charge on any atom is -0.205 e. The summed E-state index contributed by atoms with van der Waals surface area (Å²) in [6.07, 6.45) is 16.7. The van der Waals surface area contributed by atoms with Crippen LogP contribution >= 0.6 is 0 Å². The van der Waals surface area contributed by atoms with E-state index in [1.165, 1.54) is 43.4 Å². The van der Waals surface area contributed by atoms with Gasteiger partial charge in [0.05, 0.1) is 13.1 Å². The van der Waals surface area contributed by atoms with Gasteiger partial charge in [0, 0.05) is 34.1 Å². The first-order chi connectivity index (χ1) is 20.7. The minimum absolute atomic E-state index is 0.435. The van der Waals surface area contributed by atoms with Crippen molar-refractivity contribution in [2.24, 2.45) is 10.2 Å². The van der Waals surface area contributed by atoms with E-state index in [1.54, 1.807) is 0 Å². The number of nitrogens with zero attached hydrogens (tertiary/aromatic N) is 8. The third kappa shape index (κ3) is 5.62. The van der Waals surface area contributed by atoms with E-state index in [1.807, 2.05) is 33.9 Å². The normalized spacial score (nSPS) is 11.5. The van der Waals surface area contributed by atoms with Crippen LogP contribution in [0.25, 0.3) is 77.5 Å². The van der Waals surface area contributed by atoms with Crippen molar-refractivity contribution in [1.82, 2.24) is 0 Å². The first-order valence-corrected chi connectivity index (χ1v) is 13.8. The molecule has 2 heterocycles. The number of aromatic nitrogens is 2. The number of rotatable bonds is 10. The monoisotopic (exact) mass is 548 g/mol. The van der Waals surface area contributed by atoms with E-state index < -0.39 is 0 Å². The Bertz CT molecular complexity index is 1880. The zero-order valence-electron chi connectivity index (χ0n) is 23.0. The Labute approximate surface area is 242 Å². The maximum atomic E-state index is 8.47. The highest BCUT2D eigenvalue weighted by molar-refractivity contribution is 6.25. The molecule has 0 radical (unpaired) electrons. The number of hydrogen-bond acceptors (Lipinski definition) is 2. The summed E-state index contributed by atoms with van der Waals surface area (Å²) in [6, 6.07) is 26.0. The van der Waals surface area contributed by atoms with Crippen molar-refractivity contribution >= 4 is 56.6 Å². The van der Waals surface area contributed by atoms with Gasteiger partial charge in [-0.25, -0.2) is 9.13 Å². The van der Waals surface area contributed by atoms with Crippen LogP contribution in [0.1, 0.15) is 22.3 Å². The SMILES string of the molecule is [N-]=[N+]=NCC[n+]1ccc(/C=C/c2ccc3ccc4c(/C=C/c5cc[n+](CCN=[N+]=[N-])cc5)ccc5ccc2c3c54)cc1. The lowest BCUT2D eigenvalue weighted by atomic mass is 9.89. The van der Waals surface area contributed by atoms with Crippen molar-refractivity contribution in [2.75, 3.05) is 13.1 Å². The van der Waals surface area contributed by atoms with Gasteiger partial charge in [0.25, 0.3) is 0 Å². The first kappa shape index (κ1) is 26.5. The lowest BCUT2D eigenvalue weighted by molar-refractivity contribution is -0.694. The molecule has 8 heteroatoms. The average molecular weight is 549 g/mol. The summed E-state index contributed by atoms with van der Waals surface area (Å²) in [5.74, 6) is 0. The van der Waals surface area contributed by atoms with Crippen LogP contribution in [0.15, 0.2) is 108 Å². The van der Waals surface area contributed by atoms with Crippen LogP contribution in [0.2, 0.25) is 0 Å². The van der Waals surface area contributed by atoms with Crippen molar-refractivity contribution in [3.05, 3.63) is 141 Å². The molecule has 8 nitrogen and oxygen atoms in total. The van der Waals surface area contributed by atoms with E-state index >= 15 is 0 Å². The van der Waals surface area contributed by atoms with Crippen LogP contribution in [-0.2, 0) is 13.1 Å². The van der Waals surface area contributed by atoms with Gasteiger partial charge < -0.3 is 0 Å². The Morgan fingerprint density at radius 2 is 0.929 bits per heavy atom. The molecule has 0 aliphatic heterocycles. The highest BCUT2D eigenvalue weighted by Crippen LogP contribution is 2.38. The Balaban J connectivity index is 1.31. The molecule has 0 aliphatic rings. The van der Waals surface area contributed by atoms with Gasteiger partial charge in [-0.1, -0.05) is 83.1 Å². The average Bonchev–Trinajstić information content (AvgIpc) is 3.03. The molecular weight excluding hydrogens is 520 g/mol. The van der Waals surface area contributed by atoms with Gasteiger partial charge in [-0.3, -0.25) is 0 Å². The van der Waals surface area contributed by atoms with Gasteiger partial charge in [0.2, 0.25) is 0 Å². The second-order valence-corrected chi connectivity index (χ2v) is 10.0. The minimum atomic E-state index is 0.435. The molecule has 0 saturated carbocycles. The van der Waals surface area contributed by atoms with Crippen molar-refractivity contribution in [3.63, 3.8) is 0 Å². The van der Waals surface area contributed by atoms with E-state index in [4.69, 9.17) is 11.1 Å². The summed E-state index contributed by atoms with van der Waals surface area (Å²) >= 11 is 0. The summed E-state index contributed by atoms with van der Waals surface area (Å²) in [4.78, 5) is 5.62. The molecule has 0 amide bonds. The molecule has 0 unspecified atom stereocenters. The van der Waals surface area contributed by atoms with Crippen molar-refractivity contribution in [3.8, 4) is 0 Å². The molecule has 202 valence electrons. The summed E-state index contributed by atoms with van der Waals surface area (Å²) in [5, 5.41) is 14.7. The standard InChI is InChI=1S/C34H28N8/c35-39-37-17-23-41-19-13-25(14-20-41)1-3-27-5-7-29-10-12-32-28(6-8-30-9-11-31(27)33(29)34(30)32)4-2-26-15-21-42(22-16-26)24-18-38-40-36/h1-16,19-22H,17-18,23-24H2/q+2/b3-1+,4-2+. The summed E-state index contributed by atoms with van der Waals surface area (Å²) in [7, 11) is 0. The summed E-state index contributed by atoms with van der Waals surface area (Å²) in [6.45, 7) is 2.19. The van der Waals surface area contributed by atoms with Crippen LogP contribution in [0.4, 0.5) is 0 Å². The molecule has 0 N–H and O–H groups in total. The Morgan fingerprint density at radius 1 is 0.524 bits per heavy atom. The third-order valence-electron chi connectivity index (χ3n) is 7.52. The van der Waals surface area contributed by atoms with Crippen LogP contribution in [0, 0.1) is 0 Å². The Hall–Kier alpha value is -5.68. The molecule has 0 aliphatic carbocycles. The number of benzene rings is 4. The van der Waals surface area contributed by atoms with Crippen LogP contribution in [0.5, 0.6) is 0 Å². The largest absolute Gasteiger partial charge is 0.205 e. The first-order valence-electron chi connectivity index (χ1n) is 13.8. The predicted octanol–water partition coefficient (Wildman–Crippen LogP) is 8.12. The lowest BCUT2D eigenvalue weighted by Gasteiger charge is -2.14. The Kier molecular flexibility index (Phi) is 7.73. The van der Waals surface area contributed by atoms with E-state index in [9.17, 15) is 0 Å². The molecule has 4 aromatic carbocycles. The van der Waals surface area contributed by atoms with Gasteiger partial charge in [-0.2, -0.15) is 0 Å². The molecule has 2 aromatic heterocycles. The quantitative estimate of drug-likeness (QED) is 0.0542. The zero-order chi connectivity index (χ0) is 28.7. The molecule has 0 atom stereocenters. The molecule has 6 rings (SSSR count). The van der Waals surface area contributed by atoms with Crippen molar-refractivity contribution in [2.45, 2.75) is 13.1 Å². The fraction of sp³-hybridized carbons (Fsp3) is 0.118.